The minimum atomic E-state index is -0.977. The first kappa shape index (κ1) is 21.4. The molecule has 4 N–H and O–H groups in total. The van der Waals surface area contributed by atoms with Gasteiger partial charge in [-0.3, -0.25) is 0 Å². The summed E-state index contributed by atoms with van der Waals surface area (Å²) in [5.74, 6) is -1.95. The average molecular weight is 444 g/mol. The third-order valence-corrected chi connectivity index (χ3v) is 9.99. The number of hydrogen-bond donors (Lipinski definition) is 4. The zero-order valence-corrected chi connectivity index (χ0v) is 16.0. The minimum absolute atomic E-state index is 0.226. The van der Waals surface area contributed by atoms with Crippen LogP contribution in [0.1, 0.15) is 26.7 Å². The molecule has 8 heteroatoms. The molecule has 0 amide bonds. The van der Waals surface area contributed by atoms with E-state index in [9.17, 15) is 19.8 Å². The summed E-state index contributed by atoms with van der Waals surface area (Å²) in [6.45, 7) is 2.99. The van der Waals surface area contributed by atoms with Gasteiger partial charge in [-0.1, -0.05) is 0 Å². The SMILES string of the molecule is CC(=CCC(O)C[Se][Se]CC(O)CC=C(C)C(=O)O)C(=O)O. The summed E-state index contributed by atoms with van der Waals surface area (Å²) in [6, 6.07) is 0. The third kappa shape index (κ3) is 11.0. The number of carboxylic acids is 2. The quantitative estimate of drug-likeness (QED) is 0.212. The Morgan fingerprint density at radius 2 is 1.18 bits per heavy atom. The Labute approximate surface area is 141 Å². The molecule has 0 spiro atoms. The van der Waals surface area contributed by atoms with Gasteiger partial charge in [0.15, 0.2) is 0 Å². The van der Waals surface area contributed by atoms with Gasteiger partial charge >= 0.3 is 141 Å². The molecule has 0 aliphatic carbocycles. The monoisotopic (exact) mass is 446 g/mol. The van der Waals surface area contributed by atoms with Crippen LogP contribution in [0.4, 0.5) is 0 Å². The molecule has 0 fully saturated rings. The van der Waals surface area contributed by atoms with Gasteiger partial charge in [0, 0.05) is 0 Å². The number of aliphatic hydroxyl groups excluding tert-OH is 2. The number of rotatable bonds is 11. The van der Waals surface area contributed by atoms with Crippen molar-refractivity contribution in [3.05, 3.63) is 23.3 Å². The number of hydrogen-bond acceptors (Lipinski definition) is 4. The summed E-state index contributed by atoms with van der Waals surface area (Å²) in [7, 11) is 0. The first-order valence-electron chi connectivity index (χ1n) is 6.64. The van der Waals surface area contributed by atoms with Gasteiger partial charge < -0.3 is 0 Å². The van der Waals surface area contributed by atoms with Gasteiger partial charge in [-0.15, -0.1) is 0 Å². The molecule has 0 radical (unpaired) electrons. The normalized spacial score (nSPS) is 15.5. The molecule has 2 atom stereocenters. The van der Waals surface area contributed by atoms with Gasteiger partial charge in [-0.05, 0) is 0 Å². The molecule has 0 rings (SSSR count). The summed E-state index contributed by atoms with van der Waals surface area (Å²) < 4.78 is 0. The molecule has 0 bridgehead atoms. The molecule has 0 saturated carbocycles. The van der Waals surface area contributed by atoms with E-state index in [1.807, 2.05) is 0 Å². The summed E-state index contributed by atoms with van der Waals surface area (Å²) in [5, 5.41) is 38.1. The molecule has 126 valence electrons. The van der Waals surface area contributed by atoms with Crippen molar-refractivity contribution in [1.82, 2.24) is 0 Å². The van der Waals surface area contributed by atoms with E-state index in [0.717, 1.165) is 0 Å². The van der Waals surface area contributed by atoms with Gasteiger partial charge in [0.2, 0.25) is 0 Å². The molecule has 0 saturated heterocycles. The van der Waals surface area contributed by atoms with Crippen LogP contribution < -0.4 is 0 Å². The van der Waals surface area contributed by atoms with Crippen molar-refractivity contribution in [3.63, 3.8) is 0 Å². The average Bonchev–Trinajstić information content (AvgIpc) is 2.46. The van der Waals surface area contributed by atoms with Crippen molar-refractivity contribution in [3.8, 4) is 0 Å². The van der Waals surface area contributed by atoms with Gasteiger partial charge in [0.1, 0.15) is 0 Å². The summed E-state index contributed by atoms with van der Waals surface area (Å²) in [5.41, 5.74) is 0.459. The second-order valence-corrected chi connectivity index (χ2v) is 12.3. The van der Waals surface area contributed by atoms with Crippen LogP contribution in [-0.4, -0.2) is 70.8 Å². The van der Waals surface area contributed by atoms with Crippen LogP contribution >= 0.6 is 0 Å². The standard InChI is InChI=1S/C14H22O6Se2/c1-9(13(17)18)3-5-11(15)7-21-22-8-12(16)6-4-10(2)14(19)20/h3-4,11-12,15-16H,5-8H2,1-2H3,(H,17,18)(H,19,20). The second-order valence-electron chi connectivity index (χ2n) is 4.73. The van der Waals surface area contributed by atoms with Crippen LogP contribution in [0.3, 0.4) is 0 Å². The number of carbonyl (C=O) groups is 2. The van der Waals surface area contributed by atoms with E-state index in [1.165, 1.54) is 26.0 Å². The van der Waals surface area contributed by atoms with E-state index in [4.69, 9.17) is 10.2 Å². The predicted molar refractivity (Wildman–Crippen MR) is 85.2 cm³/mol. The van der Waals surface area contributed by atoms with Crippen molar-refractivity contribution in [2.24, 2.45) is 0 Å². The molecule has 0 aliphatic heterocycles. The first-order chi connectivity index (χ1) is 10.2. The number of aliphatic carboxylic acids is 2. The van der Waals surface area contributed by atoms with Crippen molar-refractivity contribution in [2.75, 3.05) is 0 Å². The summed E-state index contributed by atoms with van der Waals surface area (Å²) in [4.78, 5) is 21.2. The van der Waals surface area contributed by atoms with Gasteiger partial charge in [0.25, 0.3) is 0 Å². The molecule has 0 aromatic heterocycles. The zero-order valence-electron chi connectivity index (χ0n) is 12.6. The Balaban J connectivity index is 3.84. The van der Waals surface area contributed by atoms with Crippen LogP contribution in [0.25, 0.3) is 0 Å². The topological polar surface area (TPSA) is 115 Å². The third-order valence-electron chi connectivity index (χ3n) is 2.67. The molecule has 0 aromatic carbocycles. The van der Waals surface area contributed by atoms with Crippen LogP contribution in [0.5, 0.6) is 0 Å². The van der Waals surface area contributed by atoms with E-state index < -0.39 is 24.1 Å². The van der Waals surface area contributed by atoms with Crippen molar-refractivity contribution in [2.45, 2.75) is 49.5 Å². The molecule has 2 unspecified atom stereocenters. The van der Waals surface area contributed by atoms with Gasteiger partial charge in [-0.25, -0.2) is 0 Å². The van der Waals surface area contributed by atoms with Crippen molar-refractivity contribution >= 4 is 38.2 Å². The van der Waals surface area contributed by atoms with Crippen LogP contribution in [0, 0.1) is 0 Å². The van der Waals surface area contributed by atoms with Crippen molar-refractivity contribution < 1.29 is 30.0 Å². The Morgan fingerprint density at radius 1 is 0.864 bits per heavy atom. The molecular formula is C14H22O6Se2. The fourth-order valence-corrected chi connectivity index (χ4v) is 8.35. The summed E-state index contributed by atoms with van der Waals surface area (Å²) >= 11 is 0.452. The van der Waals surface area contributed by atoms with E-state index in [-0.39, 0.29) is 37.4 Å². The van der Waals surface area contributed by atoms with E-state index in [1.54, 1.807) is 0 Å². The van der Waals surface area contributed by atoms with Crippen LogP contribution in [0.2, 0.25) is 10.6 Å². The van der Waals surface area contributed by atoms with E-state index >= 15 is 0 Å². The van der Waals surface area contributed by atoms with E-state index in [0.29, 0.717) is 23.5 Å². The van der Waals surface area contributed by atoms with E-state index in [2.05, 4.69) is 0 Å². The Bertz CT molecular complexity index is 393. The molecule has 0 aromatic rings. The zero-order chi connectivity index (χ0) is 17.1. The maximum atomic E-state index is 10.6. The first-order valence-corrected chi connectivity index (χ1v) is 13.4. The number of aliphatic hydroxyl groups is 2. The summed E-state index contributed by atoms with van der Waals surface area (Å²) in [6.07, 6.45) is 2.62. The van der Waals surface area contributed by atoms with Crippen LogP contribution in [-0.2, 0) is 9.59 Å². The maximum absolute atomic E-state index is 10.6. The van der Waals surface area contributed by atoms with Crippen LogP contribution in [0.15, 0.2) is 23.3 Å². The molecule has 0 heterocycles. The van der Waals surface area contributed by atoms with Gasteiger partial charge in [-0.2, -0.15) is 0 Å². The Hall–Kier alpha value is -0.621. The van der Waals surface area contributed by atoms with Crippen molar-refractivity contribution in [1.29, 1.82) is 0 Å². The molecule has 22 heavy (non-hydrogen) atoms. The Morgan fingerprint density at radius 3 is 1.45 bits per heavy atom. The molecule has 6 nitrogen and oxygen atoms in total. The second kappa shape index (κ2) is 11.9. The fraction of sp³-hybridized carbons (Fsp3) is 0.571. The predicted octanol–water partition coefficient (Wildman–Crippen LogP) is 0.710. The molecular weight excluding hydrogens is 422 g/mol. The fourth-order valence-electron chi connectivity index (χ4n) is 1.19. The Kier molecular flexibility index (Phi) is 11.5. The number of carboxylic acid groups (broad SMARTS) is 2. The molecule has 0 aliphatic rings. The van der Waals surface area contributed by atoms with Gasteiger partial charge in [0.05, 0.1) is 0 Å².